The topological polar surface area (TPSA) is 86.2 Å². The number of nitrogens with two attached hydrogens (primary N) is 1. The lowest BCUT2D eigenvalue weighted by atomic mass is 10.2. The summed E-state index contributed by atoms with van der Waals surface area (Å²) in [6.45, 7) is 0.0623. The van der Waals surface area contributed by atoms with Crippen LogP contribution >= 0.6 is 0 Å². The van der Waals surface area contributed by atoms with E-state index in [-0.39, 0.29) is 18.9 Å². The molecule has 0 aliphatic carbocycles. The van der Waals surface area contributed by atoms with Crippen LogP contribution in [0.2, 0.25) is 0 Å². The van der Waals surface area contributed by atoms with Crippen molar-refractivity contribution in [1.29, 1.82) is 0 Å². The van der Waals surface area contributed by atoms with Crippen molar-refractivity contribution in [3.8, 4) is 0 Å². The Balaban J connectivity index is 1.99. The molecule has 3 rings (SSSR count). The van der Waals surface area contributed by atoms with E-state index < -0.39 is 0 Å². The van der Waals surface area contributed by atoms with Gasteiger partial charge >= 0.3 is 0 Å². The molecule has 2 aromatic rings. The van der Waals surface area contributed by atoms with E-state index in [1.807, 2.05) is 10.6 Å². The van der Waals surface area contributed by atoms with Crippen molar-refractivity contribution in [2.45, 2.75) is 25.2 Å². The summed E-state index contributed by atoms with van der Waals surface area (Å²) in [6.07, 6.45) is 4.97. The number of aromatic nitrogens is 3. The predicted molar refractivity (Wildman–Crippen MR) is 62.2 cm³/mol. The third-order valence-corrected chi connectivity index (χ3v) is 3.12. The Morgan fingerprint density at radius 1 is 1.47 bits per heavy atom. The van der Waals surface area contributed by atoms with Gasteiger partial charge in [-0.05, 0) is 18.9 Å². The van der Waals surface area contributed by atoms with Gasteiger partial charge in [0.2, 0.25) is 0 Å². The van der Waals surface area contributed by atoms with Gasteiger partial charge in [-0.1, -0.05) is 0 Å². The van der Waals surface area contributed by atoms with Crippen LogP contribution in [0.4, 0.5) is 5.82 Å². The molecule has 1 aliphatic rings. The molecule has 6 nitrogen and oxygen atoms in total. The van der Waals surface area contributed by atoms with E-state index in [1.54, 1.807) is 12.5 Å². The molecule has 2 unspecified atom stereocenters. The number of ether oxygens (including phenoxy) is 1. The number of pyridine rings is 1. The van der Waals surface area contributed by atoms with Gasteiger partial charge < -0.3 is 20.1 Å². The predicted octanol–water partition coefficient (Wildman–Crippen LogP) is 0.683. The molecule has 1 saturated heterocycles. The maximum Gasteiger partial charge on any atom is 0.151 e. The van der Waals surface area contributed by atoms with Gasteiger partial charge in [-0.3, -0.25) is 0 Å². The summed E-state index contributed by atoms with van der Waals surface area (Å²) in [5.41, 5.74) is 7.37. The largest absolute Gasteiger partial charge is 0.394 e. The van der Waals surface area contributed by atoms with E-state index in [2.05, 4.69) is 9.97 Å². The second kappa shape index (κ2) is 3.97. The Morgan fingerprint density at radius 2 is 2.35 bits per heavy atom. The van der Waals surface area contributed by atoms with Crippen molar-refractivity contribution < 1.29 is 9.84 Å². The Labute approximate surface area is 98.0 Å². The molecule has 0 aromatic carbocycles. The van der Waals surface area contributed by atoms with E-state index >= 15 is 0 Å². The summed E-state index contributed by atoms with van der Waals surface area (Å²) in [4.78, 5) is 8.25. The maximum atomic E-state index is 9.06. The molecule has 2 aromatic heterocycles. The minimum absolute atomic E-state index is 0.0623. The number of nitrogen functional groups attached to an aromatic ring is 1. The molecule has 0 radical (unpaired) electrons. The molecule has 0 saturated carbocycles. The molecule has 6 heteroatoms. The van der Waals surface area contributed by atoms with Crippen LogP contribution in [-0.2, 0) is 4.74 Å². The third kappa shape index (κ3) is 1.65. The highest BCUT2D eigenvalue weighted by Gasteiger charge is 2.27. The minimum Gasteiger partial charge on any atom is -0.394 e. The highest BCUT2D eigenvalue weighted by atomic mass is 16.5. The number of anilines is 1. The van der Waals surface area contributed by atoms with E-state index in [4.69, 9.17) is 15.6 Å². The van der Waals surface area contributed by atoms with Crippen LogP contribution in [-0.4, -0.2) is 32.4 Å². The zero-order valence-corrected chi connectivity index (χ0v) is 9.28. The molecule has 17 heavy (non-hydrogen) atoms. The van der Waals surface area contributed by atoms with Gasteiger partial charge in [-0.2, -0.15) is 0 Å². The molecular formula is C11H14N4O2. The number of nitrogens with zero attached hydrogens (tertiary/aromatic N) is 3. The van der Waals surface area contributed by atoms with Crippen molar-refractivity contribution in [1.82, 2.24) is 14.5 Å². The number of fused-ring (bicyclic) bond motifs is 1. The molecule has 1 aliphatic heterocycles. The lowest BCUT2D eigenvalue weighted by molar-refractivity contribution is -0.0204. The van der Waals surface area contributed by atoms with Gasteiger partial charge in [0.15, 0.2) is 5.82 Å². The Morgan fingerprint density at radius 3 is 3.12 bits per heavy atom. The smallest absolute Gasteiger partial charge is 0.151 e. The van der Waals surface area contributed by atoms with Crippen LogP contribution < -0.4 is 5.73 Å². The van der Waals surface area contributed by atoms with Gasteiger partial charge in [0.1, 0.15) is 11.7 Å². The van der Waals surface area contributed by atoms with Gasteiger partial charge in [0, 0.05) is 6.20 Å². The van der Waals surface area contributed by atoms with Crippen molar-refractivity contribution in [2.75, 3.05) is 12.3 Å². The van der Waals surface area contributed by atoms with E-state index in [9.17, 15) is 0 Å². The number of aliphatic hydroxyl groups is 1. The third-order valence-electron chi connectivity index (χ3n) is 3.12. The number of imidazole rings is 1. The van der Waals surface area contributed by atoms with Crippen LogP contribution in [0.1, 0.15) is 19.1 Å². The fourth-order valence-electron chi connectivity index (χ4n) is 2.24. The fraction of sp³-hybridized carbons (Fsp3) is 0.455. The number of rotatable bonds is 2. The molecule has 2 atom stereocenters. The van der Waals surface area contributed by atoms with Gasteiger partial charge in [-0.15, -0.1) is 0 Å². The Kier molecular flexibility index (Phi) is 2.45. The van der Waals surface area contributed by atoms with Crippen molar-refractivity contribution in [2.24, 2.45) is 0 Å². The Hall–Kier alpha value is -1.66. The summed E-state index contributed by atoms with van der Waals surface area (Å²) >= 11 is 0. The van der Waals surface area contributed by atoms with E-state index in [0.29, 0.717) is 11.3 Å². The zero-order valence-electron chi connectivity index (χ0n) is 9.28. The van der Waals surface area contributed by atoms with Gasteiger partial charge in [-0.25, -0.2) is 9.97 Å². The SMILES string of the molecule is Nc1nccc2c1ncn2C1CCC(CO)O1. The second-order valence-electron chi connectivity index (χ2n) is 4.19. The summed E-state index contributed by atoms with van der Waals surface area (Å²) in [6, 6.07) is 1.87. The zero-order chi connectivity index (χ0) is 11.8. The van der Waals surface area contributed by atoms with Gasteiger partial charge in [0.05, 0.1) is 24.6 Å². The molecule has 0 spiro atoms. The van der Waals surface area contributed by atoms with Crippen LogP contribution in [0.15, 0.2) is 18.6 Å². The highest BCUT2D eigenvalue weighted by Crippen LogP contribution is 2.31. The van der Waals surface area contributed by atoms with Crippen LogP contribution in [0.5, 0.6) is 0 Å². The summed E-state index contributed by atoms with van der Waals surface area (Å²) in [5, 5.41) is 9.06. The number of hydrogen-bond donors (Lipinski definition) is 2. The first-order valence-electron chi connectivity index (χ1n) is 5.63. The summed E-state index contributed by atoms with van der Waals surface area (Å²) < 4.78 is 7.66. The van der Waals surface area contributed by atoms with Crippen molar-refractivity contribution >= 4 is 16.9 Å². The average Bonchev–Trinajstić information content (AvgIpc) is 2.94. The van der Waals surface area contributed by atoms with E-state index in [1.165, 1.54) is 0 Å². The quantitative estimate of drug-likeness (QED) is 0.798. The number of aliphatic hydroxyl groups excluding tert-OH is 1. The lowest BCUT2D eigenvalue weighted by Crippen LogP contribution is -2.13. The molecule has 0 bridgehead atoms. The summed E-state index contributed by atoms with van der Waals surface area (Å²) in [7, 11) is 0. The first-order valence-corrected chi connectivity index (χ1v) is 5.63. The second-order valence-corrected chi connectivity index (χ2v) is 4.19. The Bertz CT molecular complexity index is 539. The fourth-order valence-corrected chi connectivity index (χ4v) is 2.24. The lowest BCUT2D eigenvalue weighted by Gasteiger charge is -2.14. The normalized spacial score (nSPS) is 24.5. The first-order chi connectivity index (χ1) is 8.29. The maximum absolute atomic E-state index is 9.06. The highest BCUT2D eigenvalue weighted by molar-refractivity contribution is 5.84. The van der Waals surface area contributed by atoms with Crippen molar-refractivity contribution in [3.63, 3.8) is 0 Å². The van der Waals surface area contributed by atoms with Crippen LogP contribution in [0.3, 0.4) is 0 Å². The van der Waals surface area contributed by atoms with Crippen LogP contribution in [0, 0.1) is 0 Å². The monoisotopic (exact) mass is 234 g/mol. The van der Waals surface area contributed by atoms with E-state index in [0.717, 1.165) is 18.4 Å². The summed E-state index contributed by atoms with van der Waals surface area (Å²) in [5.74, 6) is 0.429. The molecule has 90 valence electrons. The van der Waals surface area contributed by atoms with Gasteiger partial charge in [0.25, 0.3) is 0 Å². The molecule has 3 N–H and O–H groups in total. The standard InChI is InChI=1S/C11H14N4O2/c12-11-10-8(3-4-13-11)15(6-14-10)9-2-1-7(5-16)17-9/h3-4,6-7,9,16H,1-2,5H2,(H2,12,13). The van der Waals surface area contributed by atoms with Crippen LogP contribution in [0.25, 0.3) is 11.0 Å². The average molecular weight is 234 g/mol. The minimum atomic E-state index is -0.0726. The first kappa shape index (κ1) is 10.5. The molecule has 0 amide bonds. The molecule has 1 fully saturated rings. The molecule has 3 heterocycles. The molecular weight excluding hydrogens is 220 g/mol. The number of hydrogen-bond acceptors (Lipinski definition) is 5. The van der Waals surface area contributed by atoms with Crippen molar-refractivity contribution in [3.05, 3.63) is 18.6 Å².